The van der Waals surface area contributed by atoms with Gasteiger partial charge in [0.1, 0.15) is 0 Å². The van der Waals surface area contributed by atoms with E-state index in [0.717, 1.165) is 12.0 Å². The zero-order valence-corrected chi connectivity index (χ0v) is 8.58. The summed E-state index contributed by atoms with van der Waals surface area (Å²) in [5.41, 5.74) is 6.32. The van der Waals surface area contributed by atoms with Crippen molar-refractivity contribution in [1.82, 2.24) is 10.9 Å². The van der Waals surface area contributed by atoms with Crippen LogP contribution in [0.25, 0.3) is 0 Å². The third-order valence-electron chi connectivity index (χ3n) is 2.17. The summed E-state index contributed by atoms with van der Waals surface area (Å²) in [4.78, 5) is 11.6. The predicted molar refractivity (Wildman–Crippen MR) is 56.7 cm³/mol. The topological polar surface area (TPSA) is 41.1 Å². The zero-order chi connectivity index (χ0) is 10.4. The van der Waals surface area contributed by atoms with Crippen LogP contribution in [0.4, 0.5) is 0 Å². The molecular formula is C11H16N2O. The molecule has 0 aliphatic rings. The smallest absolute Gasteiger partial charge is 0.241 e. The van der Waals surface area contributed by atoms with E-state index >= 15 is 0 Å². The Morgan fingerprint density at radius 2 is 2.00 bits per heavy atom. The van der Waals surface area contributed by atoms with Crippen LogP contribution in [-0.2, 0) is 4.79 Å². The first kappa shape index (κ1) is 10.7. The maximum absolute atomic E-state index is 11.6. The molecule has 0 fully saturated rings. The van der Waals surface area contributed by atoms with Gasteiger partial charge in [-0.1, -0.05) is 37.3 Å². The summed E-state index contributed by atoms with van der Waals surface area (Å²) in [6, 6.07) is 9.80. The van der Waals surface area contributed by atoms with Gasteiger partial charge in [-0.15, -0.1) is 0 Å². The van der Waals surface area contributed by atoms with E-state index in [2.05, 4.69) is 10.9 Å². The van der Waals surface area contributed by atoms with Gasteiger partial charge in [-0.3, -0.25) is 10.2 Å². The Morgan fingerprint density at radius 3 is 2.50 bits per heavy atom. The van der Waals surface area contributed by atoms with Crippen LogP contribution in [0.3, 0.4) is 0 Å². The van der Waals surface area contributed by atoms with Crippen molar-refractivity contribution in [2.45, 2.75) is 19.3 Å². The molecule has 0 unspecified atom stereocenters. The maximum atomic E-state index is 11.6. The molecule has 1 aromatic rings. The fourth-order valence-electron chi connectivity index (χ4n) is 1.47. The fraction of sp³-hybridized carbons (Fsp3) is 0.364. The van der Waals surface area contributed by atoms with Crippen molar-refractivity contribution in [3.63, 3.8) is 0 Å². The van der Waals surface area contributed by atoms with E-state index in [1.807, 2.05) is 37.3 Å². The lowest BCUT2D eigenvalue weighted by Gasteiger charge is -2.14. The summed E-state index contributed by atoms with van der Waals surface area (Å²) in [7, 11) is 1.69. The molecule has 14 heavy (non-hydrogen) atoms. The quantitative estimate of drug-likeness (QED) is 0.708. The lowest BCUT2D eigenvalue weighted by Crippen LogP contribution is -2.37. The average molecular weight is 192 g/mol. The van der Waals surface area contributed by atoms with Gasteiger partial charge in [0.05, 0.1) is 5.92 Å². The van der Waals surface area contributed by atoms with Crippen LogP contribution >= 0.6 is 0 Å². The molecule has 0 aliphatic carbocycles. The van der Waals surface area contributed by atoms with Crippen LogP contribution < -0.4 is 10.9 Å². The monoisotopic (exact) mass is 192 g/mol. The van der Waals surface area contributed by atoms with Gasteiger partial charge >= 0.3 is 0 Å². The van der Waals surface area contributed by atoms with Crippen LogP contribution in [0.15, 0.2) is 30.3 Å². The van der Waals surface area contributed by atoms with Crippen LogP contribution in [0.5, 0.6) is 0 Å². The Labute approximate surface area is 84.5 Å². The van der Waals surface area contributed by atoms with Gasteiger partial charge in [-0.2, -0.15) is 0 Å². The number of hydrogen-bond donors (Lipinski definition) is 2. The van der Waals surface area contributed by atoms with E-state index in [4.69, 9.17) is 0 Å². The highest BCUT2D eigenvalue weighted by Crippen LogP contribution is 2.18. The van der Waals surface area contributed by atoms with Crippen LogP contribution in [0.2, 0.25) is 0 Å². The number of carbonyl (C=O) groups is 1. The Morgan fingerprint density at radius 1 is 1.36 bits per heavy atom. The van der Waals surface area contributed by atoms with Gasteiger partial charge < -0.3 is 0 Å². The summed E-state index contributed by atoms with van der Waals surface area (Å²) >= 11 is 0. The standard InChI is InChI=1S/C11H16N2O/c1-3-10(11(14)13-12-2)9-7-5-4-6-8-9/h4-8,10,12H,3H2,1-2H3,(H,13,14)/t10-/m0/s1. The molecule has 1 amide bonds. The Bertz CT molecular complexity index is 285. The molecule has 2 N–H and O–H groups in total. The van der Waals surface area contributed by atoms with Crippen molar-refractivity contribution in [3.8, 4) is 0 Å². The van der Waals surface area contributed by atoms with Crippen molar-refractivity contribution < 1.29 is 4.79 Å². The summed E-state index contributed by atoms with van der Waals surface area (Å²) in [6.07, 6.45) is 0.803. The highest BCUT2D eigenvalue weighted by Gasteiger charge is 2.17. The highest BCUT2D eigenvalue weighted by atomic mass is 16.2. The molecule has 0 bridgehead atoms. The molecule has 0 saturated heterocycles. The minimum atomic E-state index is -0.0661. The third-order valence-corrected chi connectivity index (χ3v) is 2.17. The summed E-state index contributed by atoms with van der Waals surface area (Å²) in [5.74, 6) is -0.0511. The number of carbonyl (C=O) groups excluding carboxylic acids is 1. The third kappa shape index (κ3) is 2.57. The summed E-state index contributed by atoms with van der Waals surface area (Å²) < 4.78 is 0. The molecule has 0 heterocycles. The second kappa shape index (κ2) is 5.40. The van der Waals surface area contributed by atoms with E-state index in [1.165, 1.54) is 0 Å². The largest absolute Gasteiger partial charge is 0.291 e. The second-order valence-electron chi connectivity index (χ2n) is 3.11. The predicted octanol–water partition coefficient (Wildman–Crippen LogP) is 1.43. The molecule has 0 aliphatic heterocycles. The zero-order valence-electron chi connectivity index (χ0n) is 8.58. The molecule has 3 heteroatoms. The van der Waals surface area contributed by atoms with Gasteiger partial charge in [-0.25, -0.2) is 5.43 Å². The molecule has 0 spiro atoms. The van der Waals surface area contributed by atoms with E-state index in [9.17, 15) is 4.79 Å². The Balaban J connectivity index is 2.77. The minimum absolute atomic E-state index is 0.0150. The number of amides is 1. The van der Waals surface area contributed by atoms with Gasteiger partial charge in [0, 0.05) is 7.05 Å². The minimum Gasteiger partial charge on any atom is -0.291 e. The number of benzene rings is 1. The molecule has 1 rings (SSSR count). The Kier molecular flexibility index (Phi) is 4.13. The normalized spacial score (nSPS) is 12.1. The molecule has 0 aromatic heterocycles. The molecule has 0 radical (unpaired) electrons. The van der Waals surface area contributed by atoms with E-state index in [1.54, 1.807) is 7.05 Å². The molecule has 1 atom stereocenters. The first-order valence-corrected chi connectivity index (χ1v) is 4.81. The lowest BCUT2D eigenvalue weighted by molar-refractivity contribution is -0.123. The van der Waals surface area contributed by atoms with Gasteiger partial charge in [0.15, 0.2) is 0 Å². The number of hydrogen-bond acceptors (Lipinski definition) is 2. The van der Waals surface area contributed by atoms with Gasteiger partial charge in [0.25, 0.3) is 0 Å². The molecule has 76 valence electrons. The van der Waals surface area contributed by atoms with Crippen molar-refractivity contribution in [2.75, 3.05) is 7.05 Å². The molecular weight excluding hydrogens is 176 g/mol. The van der Waals surface area contributed by atoms with E-state index in [0.29, 0.717) is 0 Å². The number of rotatable bonds is 4. The van der Waals surface area contributed by atoms with Crippen LogP contribution in [0.1, 0.15) is 24.8 Å². The lowest BCUT2D eigenvalue weighted by atomic mass is 9.96. The second-order valence-corrected chi connectivity index (χ2v) is 3.11. The summed E-state index contributed by atoms with van der Waals surface area (Å²) in [5, 5.41) is 0. The average Bonchev–Trinajstić information content (AvgIpc) is 2.21. The maximum Gasteiger partial charge on any atom is 0.241 e. The van der Waals surface area contributed by atoms with Crippen molar-refractivity contribution >= 4 is 5.91 Å². The molecule has 3 nitrogen and oxygen atoms in total. The number of nitrogens with one attached hydrogen (secondary N) is 2. The SMILES string of the molecule is CC[C@H](C(=O)NNC)c1ccccc1. The van der Waals surface area contributed by atoms with Crippen LogP contribution in [0, 0.1) is 0 Å². The van der Waals surface area contributed by atoms with Crippen LogP contribution in [-0.4, -0.2) is 13.0 Å². The van der Waals surface area contributed by atoms with E-state index in [-0.39, 0.29) is 11.8 Å². The summed E-state index contributed by atoms with van der Waals surface area (Å²) in [6.45, 7) is 2.01. The molecule has 0 saturated carbocycles. The van der Waals surface area contributed by atoms with Gasteiger partial charge in [0.2, 0.25) is 5.91 Å². The first-order chi connectivity index (χ1) is 6.79. The van der Waals surface area contributed by atoms with E-state index < -0.39 is 0 Å². The van der Waals surface area contributed by atoms with Gasteiger partial charge in [-0.05, 0) is 12.0 Å². The number of hydrazine groups is 1. The molecule has 1 aromatic carbocycles. The first-order valence-electron chi connectivity index (χ1n) is 4.81. The highest BCUT2D eigenvalue weighted by molar-refractivity contribution is 5.83. The Hall–Kier alpha value is -1.35. The fourth-order valence-corrected chi connectivity index (χ4v) is 1.47. The van der Waals surface area contributed by atoms with Crippen molar-refractivity contribution in [2.24, 2.45) is 0 Å². The van der Waals surface area contributed by atoms with Crippen molar-refractivity contribution in [3.05, 3.63) is 35.9 Å². The van der Waals surface area contributed by atoms with Crippen molar-refractivity contribution in [1.29, 1.82) is 0 Å².